The molecule has 1 amide bonds. The van der Waals surface area contributed by atoms with E-state index >= 15 is 0 Å². The summed E-state index contributed by atoms with van der Waals surface area (Å²) >= 11 is 6.02. The molecule has 4 rings (SSSR count). The Kier molecular flexibility index (Phi) is 5.78. The number of amides is 1. The molecule has 1 aliphatic rings. The molecule has 150 valence electrons. The Hall–Kier alpha value is -2.90. The Morgan fingerprint density at radius 1 is 1.28 bits per heavy atom. The van der Waals surface area contributed by atoms with Gasteiger partial charge >= 0.3 is 0 Å². The van der Waals surface area contributed by atoms with Crippen LogP contribution >= 0.6 is 11.6 Å². The number of nitrogens with zero attached hydrogens (tertiary/aromatic N) is 3. The van der Waals surface area contributed by atoms with Crippen LogP contribution in [0, 0.1) is 6.92 Å². The zero-order chi connectivity index (χ0) is 20.2. The highest BCUT2D eigenvalue weighted by Gasteiger charge is 2.18. The van der Waals surface area contributed by atoms with Crippen molar-refractivity contribution in [2.75, 3.05) is 18.5 Å². The van der Waals surface area contributed by atoms with Crippen molar-refractivity contribution in [3.8, 4) is 11.4 Å². The molecule has 29 heavy (non-hydrogen) atoms. The number of carbonyl (C=O) groups excluding carboxylic acids is 1. The normalized spacial score (nSPS) is 16.0. The van der Waals surface area contributed by atoms with E-state index in [9.17, 15) is 4.79 Å². The van der Waals surface area contributed by atoms with Crippen LogP contribution in [-0.4, -0.2) is 40.2 Å². The second-order valence-electron chi connectivity index (χ2n) is 6.83. The van der Waals surface area contributed by atoms with Gasteiger partial charge in [-0.05, 0) is 62.2 Å². The highest BCUT2D eigenvalue weighted by molar-refractivity contribution is 6.30. The van der Waals surface area contributed by atoms with Crippen molar-refractivity contribution >= 4 is 23.2 Å². The highest BCUT2D eigenvalue weighted by atomic mass is 35.5. The van der Waals surface area contributed by atoms with Gasteiger partial charge in [-0.25, -0.2) is 0 Å². The van der Waals surface area contributed by atoms with Gasteiger partial charge in [0, 0.05) is 17.3 Å². The van der Waals surface area contributed by atoms with Crippen molar-refractivity contribution in [1.29, 1.82) is 0 Å². The van der Waals surface area contributed by atoms with E-state index in [1.807, 2.05) is 18.2 Å². The van der Waals surface area contributed by atoms with E-state index < -0.39 is 0 Å². The predicted molar refractivity (Wildman–Crippen MR) is 110 cm³/mol. The molecule has 0 radical (unpaired) electrons. The second-order valence-corrected chi connectivity index (χ2v) is 7.26. The lowest BCUT2D eigenvalue weighted by Gasteiger charge is -2.12. The third-order valence-electron chi connectivity index (χ3n) is 4.61. The first kappa shape index (κ1) is 19.4. The topological polar surface area (TPSA) is 78.3 Å². The summed E-state index contributed by atoms with van der Waals surface area (Å²) in [6, 6.07) is 14.3. The van der Waals surface area contributed by atoms with Gasteiger partial charge in [-0.2, -0.15) is 9.90 Å². The summed E-state index contributed by atoms with van der Waals surface area (Å²) in [5.41, 5.74) is 2.12. The quantitative estimate of drug-likeness (QED) is 0.661. The number of halogens is 1. The van der Waals surface area contributed by atoms with Crippen LogP contribution in [-0.2, 0) is 4.74 Å². The molecule has 3 aromatic rings. The summed E-state index contributed by atoms with van der Waals surface area (Å²) in [6.45, 7) is 3.09. The number of aryl methyl sites for hydroxylation is 1. The Balaban J connectivity index is 1.40. The van der Waals surface area contributed by atoms with Crippen LogP contribution in [0.2, 0.25) is 5.02 Å². The largest absolute Gasteiger partial charge is 0.491 e. The van der Waals surface area contributed by atoms with Crippen molar-refractivity contribution in [3.63, 3.8) is 0 Å². The third kappa shape index (κ3) is 4.75. The number of carbonyl (C=O) groups is 1. The first-order valence-corrected chi connectivity index (χ1v) is 9.82. The van der Waals surface area contributed by atoms with Crippen LogP contribution in [0.4, 0.5) is 5.69 Å². The minimum absolute atomic E-state index is 0.166. The zero-order valence-electron chi connectivity index (χ0n) is 16.0. The third-order valence-corrected chi connectivity index (χ3v) is 4.84. The standard InChI is InChI=1S/C21H21ClN4O3/c1-14-20(25-26(24-14)17-5-2-4-15(22)12-17)21(27)23-16-7-9-18(10-8-16)29-13-19-6-3-11-28-19/h2,4-5,7-10,12,19H,3,6,11,13H2,1H3,(H,23,27). The van der Waals surface area contributed by atoms with Gasteiger partial charge in [-0.1, -0.05) is 17.7 Å². The van der Waals surface area contributed by atoms with E-state index in [1.165, 1.54) is 4.80 Å². The van der Waals surface area contributed by atoms with E-state index in [2.05, 4.69) is 15.5 Å². The number of hydrogen-bond donors (Lipinski definition) is 1. The fourth-order valence-corrected chi connectivity index (χ4v) is 3.28. The van der Waals surface area contributed by atoms with Gasteiger partial charge in [-0.3, -0.25) is 4.79 Å². The number of benzene rings is 2. The molecule has 1 aliphatic heterocycles. The number of nitrogens with one attached hydrogen (secondary N) is 1. The summed E-state index contributed by atoms with van der Waals surface area (Å²) in [5, 5.41) is 12.0. The molecule has 1 atom stereocenters. The molecule has 0 aliphatic carbocycles. The average Bonchev–Trinajstić information content (AvgIpc) is 3.37. The molecule has 1 unspecified atom stereocenters. The SMILES string of the molecule is Cc1nn(-c2cccc(Cl)c2)nc1C(=O)Nc1ccc(OCC2CCCO2)cc1. The summed E-state index contributed by atoms with van der Waals surface area (Å²) in [6.07, 6.45) is 2.28. The first-order chi connectivity index (χ1) is 14.1. The van der Waals surface area contributed by atoms with Gasteiger partial charge in [0.05, 0.1) is 17.5 Å². The number of ether oxygens (including phenoxy) is 2. The van der Waals surface area contributed by atoms with Gasteiger partial charge in [0.2, 0.25) is 0 Å². The Bertz CT molecular complexity index is 997. The van der Waals surface area contributed by atoms with Crippen LogP contribution in [0.5, 0.6) is 5.75 Å². The van der Waals surface area contributed by atoms with Crippen LogP contribution in [0.1, 0.15) is 29.0 Å². The maximum absolute atomic E-state index is 12.6. The Labute approximate surface area is 173 Å². The first-order valence-electron chi connectivity index (χ1n) is 9.44. The van der Waals surface area contributed by atoms with E-state index in [-0.39, 0.29) is 17.7 Å². The van der Waals surface area contributed by atoms with Crippen LogP contribution < -0.4 is 10.1 Å². The molecule has 1 saturated heterocycles. The number of aromatic nitrogens is 3. The number of rotatable bonds is 6. The fourth-order valence-electron chi connectivity index (χ4n) is 3.09. The smallest absolute Gasteiger partial charge is 0.278 e. The zero-order valence-corrected chi connectivity index (χ0v) is 16.7. The van der Waals surface area contributed by atoms with E-state index in [0.717, 1.165) is 25.2 Å². The minimum Gasteiger partial charge on any atom is -0.491 e. The summed E-state index contributed by atoms with van der Waals surface area (Å²) in [4.78, 5) is 14.0. The Morgan fingerprint density at radius 3 is 2.83 bits per heavy atom. The molecule has 1 fully saturated rings. The number of hydrogen-bond acceptors (Lipinski definition) is 5. The average molecular weight is 413 g/mol. The fraction of sp³-hybridized carbons (Fsp3) is 0.286. The summed E-state index contributed by atoms with van der Waals surface area (Å²) in [7, 11) is 0. The molecule has 2 heterocycles. The monoisotopic (exact) mass is 412 g/mol. The molecule has 2 aromatic carbocycles. The lowest BCUT2D eigenvalue weighted by molar-refractivity contribution is 0.0679. The maximum atomic E-state index is 12.6. The van der Waals surface area contributed by atoms with Gasteiger partial charge in [0.1, 0.15) is 12.4 Å². The van der Waals surface area contributed by atoms with Gasteiger partial charge < -0.3 is 14.8 Å². The molecule has 0 spiro atoms. The molecule has 0 saturated carbocycles. The van der Waals surface area contributed by atoms with Gasteiger partial charge in [0.25, 0.3) is 5.91 Å². The van der Waals surface area contributed by atoms with Crippen molar-refractivity contribution < 1.29 is 14.3 Å². The minimum atomic E-state index is -0.330. The lowest BCUT2D eigenvalue weighted by atomic mass is 10.2. The van der Waals surface area contributed by atoms with Crippen molar-refractivity contribution in [3.05, 3.63) is 64.9 Å². The summed E-state index contributed by atoms with van der Waals surface area (Å²) in [5.74, 6) is 0.408. The molecular formula is C21H21ClN4O3. The predicted octanol–water partition coefficient (Wildman–Crippen LogP) is 4.04. The molecule has 7 nitrogen and oxygen atoms in total. The molecular weight excluding hydrogens is 392 g/mol. The van der Waals surface area contributed by atoms with E-state index in [1.54, 1.807) is 37.3 Å². The molecule has 1 N–H and O–H groups in total. The van der Waals surface area contributed by atoms with Gasteiger partial charge in [0.15, 0.2) is 5.69 Å². The van der Waals surface area contributed by atoms with Crippen molar-refractivity contribution in [1.82, 2.24) is 15.0 Å². The highest BCUT2D eigenvalue weighted by Crippen LogP contribution is 2.20. The van der Waals surface area contributed by atoms with Crippen LogP contribution in [0.15, 0.2) is 48.5 Å². The van der Waals surface area contributed by atoms with E-state index in [0.29, 0.717) is 28.7 Å². The van der Waals surface area contributed by atoms with Crippen LogP contribution in [0.25, 0.3) is 5.69 Å². The van der Waals surface area contributed by atoms with E-state index in [4.69, 9.17) is 21.1 Å². The van der Waals surface area contributed by atoms with Crippen molar-refractivity contribution in [2.45, 2.75) is 25.9 Å². The molecule has 1 aromatic heterocycles. The molecule has 0 bridgehead atoms. The van der Waals surface area contributed by atoms with Gasteiger partial charge in [-0.15, -0.1) is 5.10 Å². The second kappa shape index (κ2) is 8.63. The Morgan fingerprint density at radius 2 is 2.10 bits per heavy atom. The lowest BCUT2D eigenvalue weighted by Crippen LogP contribution is -2.16. The van der Waals surface area contributed by atoms with Crippen molar-refractivity contribution in [2.24, 2.45) is 0 Å². The molecule has 8 heteroatoms. The summed E-state index contributed by atoms with van der Waals surface area (Å²) < 4.78 is 11.3. The number of anilines is 1. The maximum Gasteiger partial charge on any atom is 0.278 e. The van der Waals surface area contributed by atoms with Crippen LogP contribution in [0.3, 0.4) is 0 Å².